The number of hydrogen-bond donors (Lipinski definition) is 1. The van der Waals surface area contributed by atoms with Crippen molar-refractivity contribution in [3.63, 3.8) is 0 Å². The van der Waals surface area contributed by atoms with Gasteiger partial charge in [-0.25, -0.2) is 0 Å². The lowest BCUT2D eigenvalue weighted by molar-refractivity contribution is -0.144. The highest BCUT2D eigenvalue weighted by molar-refractivity contribution is 5.20. The van der Waals surface area contributed by atoms with Crippen molar-refractivity contribution in [2.75, 3.05) is 0 Å². The van der Waals surface area contributed by atoms with Gasteiger partial charge in [-0.15, -0.1) is 0 Å². The van der Waals surface area contributed by atoms with Crippen molar-refractivity contribution in [3.8, 4) is 0 Å². The second-order valence-corrected chi connectivity index (χ2v) is 5.25. The maximum atomic E-state index is 12.9. The van der Waals surface area contributed by atoms with E-state index in [1.807, 2.05) is 20.9 Å². The molecule has 2 rings (SSSR count). The van der Waals surface area contributed by atoms with Gasteiger partial charge >= 0.3 is 6.18 Å². The minimum atomic E-state index is -4.38. The number of aryl methyl sites for hydroxylation is 2. The van der Waals surface area contributed by atoms with E-state index < -0.39 is 11.9 Å². The van der Waals surface area contributed by atoms with E-state index in [0.29, 0.717) is 5.69 Å². The Hall–Kier alpha value is -1.83. The molecule has 1 unspecified atom stereocenters. The molecule has 2 aromatic rings. The lowest BCUT2D eigenvalue weighted by atomic mass is 10.1. The zero-order valence-corrected chi connectivity index (χ0v) is 13.1. The predicted molar refractivity (Wildman–Crippen MR) is 76.1 cm³/mol. The summed E-state index contributed by atoms with van der Waals surface area (Å²) in [5.41, 5.74) is 1.71. The molecule has 0 spiro atoms. The van der Waals surface area contributed by atoms with Gasteiger partial charge < -0.3 is 5.32 Å². The molecule has 2 aromatic heterocycles. The second-order valence-electron chi connectivity index (χ2n) is 5.25. The molecule has 0 fully saturated rings. The van der Waals surface area contributed by atoms with Crippen molar-refractivity contribution in [1.82, 2.24) is 24.9 Å². The van der Waals surface area contributed by atoms with Gasteiger partial charge in [0.05, 0.1) is 11.9 Å². The highest BCUT2D eigenvalue weighted by Gasteiger charge is 2.35. The SMILES string of the molecule is CCn1nc(CNC(C)c2cnn(C)c2C)cc1C(F)(F)F. The number of rotatable bonds is 5. The van der Waals surface area contributed by atoms with Gasteiger partial charge in [0.2, 0.25) is 0 Å². The first-order valence-corrected chi connectivity index (χ1v) is 7.09. The molecule has 1 atom stereocenters. The Kier molecular flexibility index (Phi) is 4.60. The van der Waals surface area contributed by atoms with Crippen LogP contribution in [0.4, 0.5) is 13.2 Å². The Morgan fingerprint density at radius 1 is 1.36 bits per heavy atom. The number of nitrogens with one attached hydrogen (secondary N) is 1. The smallest absolute Gasteiger partial charge is 0.304 e. The molecular weight excluding hydrogens is 295 g/mol. The van der Waals surface area contributed by atoms with Crippen LogP contribution < -0.4 is 5.32 Å². The zero-order valence-electron chi connectivity index (χ0n) is 13.1. The molecule has 22 heavy (non-hydrogen) atoms. The summed E-state index contributed by atoms with van der Waals surface area (Å²) < 4.78 is 41.4. The van der Waals surface area contributed by atoms with E-state index in [1.165, 1.54) is 0 Å². The number of hydrogen-bond acceptors (Lipinski definition) is 3. The molecule has 0 aliphatic heterocycles. The van der Waals surface area contributed by atoms with Crippen LogP contribution in [0, 0.1) is 6.92 Å². The highest BCUT2D eigenvalue weighted by atomic mass is 19.4. The van der Waals surface area contributed by atoms with Gasteiger partial charge in [0, 0.05) is 37.4 Å². The normalized spacial score (nSPS) is 13.6. The maximum absolute atomic E-state index is 12.9. The summed E-state index contributed by atoms with van der Waals surface area (Å²) in [5, 5.41) is 11.4. The van der Waals surface area contributed by atoms with E-state index >= 15 is 0 Å². The summed E-state index contributed by atoms with van der Waals surface area (Å²) in [5.74, 6) is 0. The molecule has 1 N–H and O–H groups in total. The highest BCUT2D eigenvalue weighted by Crippen LogP contribution is 2.30. The molecule has 122 valence electrons. The van der Waals surface area contributed by atoms with Crippen LogP contribution in [0.25, 0.3) is 0 Å². The largest absolute Gasteiger partial charge is 0.433 e. The third-order valence-corrected chi connectivity index (χ3v) is 3.75. The van der Waals surface area contributed by atoms with Crippen LogP contribution in [0.15, 0.2) is 12.3 Å². The molecule has 0 saturated heterocycles. The topological polar surface area (TPSA) is 47.7 Å². The third-order valence-electron chi connectivity index (χ3n) is 3.75. The molecule has 0 aromatic carbocycles. The summed E-state index contributed by atoms with van der Waals surface area (Å²) in [7, 11) is 1.85. The number of nitrogens with zero attached hydrogens (tertiary/aromatic N) is 4. The van der Waals surface area contributed by atoms with Crippen molar-refractivity contribution in [2.24, 2.45) is 7.05 Å². The van der Waals surface area contributed by atoms with Gasteiger partial charge in [-0.05, 0) is 26.8 Å². The van der Waals surface area contributed by atoms with Crippen LogP contribution in [0.1, 0.15) is 42.5 Å². The van der Waals surface area contributed by atoms with E-state index in [9.17, 15) is 13.2 Å². The molecule has 5 nitrogen and oxygen atoms in total. The van der Waals surface area contributed by atoms with E-state index in [-0.39, 0.29) is 19.1 Å². The Morgan fingerprint density at radius 2 is 2.05 bits per heavy atom. The Morgan fingerprint density at radius 3 is 2.50 bits per heavy atom. The first-order chi connectivity index (χ1) is 10.2. The van der Waals surface area contributed by atoms with Crippen LogP contribution in [0.2, 0.25) is 0 Å². The van der Waals surface area contributed by atoms with Crippen LogP contribution in [0.3, 0.4) is 0 Å². The number of aromatic nitrogens is 4. The summed E-state index contributed by atoms with van der Waals surface area (Å²) >= 11 is 0. The van der Waals surface area contributed by atoms with Crippen molar-refractivity contribution in [3.05, 3.63) is 34.9 Å². The van der Waals surface area contributed by atoms with Crippen molar-refractivity contribution >= 4 is 0 Å². The Balaban J connectivity index is 2.09. The fourth-order valence-electron chi connectivity index (χ4n) is 2.33. The van der Waals surface area contributed by atoms with Crippen molar-refractivity contribution in [1.29, 1.82) is 0 Å². The third kappa shape index (κ3) is 3.32. The quantitative estimate of drug-likeness (QED) is 0.923. The summed E-state index contributed by atoms with van der Waals surface area (Å²) in [4.78, 5) is 0. The fraction of sp³-hybridized carbons (Fsp3) is 0.571. The predicted octanol–water partition coefficient (Wildman–Crippen LogP) is 2.81. The lowest BCUT2D eigenvalue weighted by Crippen LogP contribution is -2.19. The monoisotopic (exact) mass is 315 g/mol. The fourth-order valence-corrected chi connectivity index (χ4v) is 2.33. The summed E-state index contributed by atoms with van der Waals surface area (Å²) in [6, 6.07) is 1.08. The Bertz CT molecular complexity index is 641. The molecule has 0 saturated carbocycles. The molecule has 0 bridgehead atoms. The van der Waals surface area contributed by atoms with Crippen LogP contribution in [-0.2, 0) is 26.3 Å². The summed E-state index contributed by atoms with van der Waals surface area (Å²) in [6.07, 6.45) is -2.62. The van der Waals surface area contributed by atoms with E-state index in [2.05, 4.69) is 15.5 Å². The second kappa shape index (κ2) is 6.12. The number of alkyl halides is 3. The van der Waals surface area contributed by atoms with Crippen LogP contribution >= 0.6 is 0 Å². The number of halogens is 3. The van der Waals surface area contributed by atoms with E-state index in [4.69, 9.17) is 0 Å². The van der Waals surface area contributed by atoms with Crippen LogP contribution in [-0.4, -0.2) is 19.6 Å². The van der Waals surface area contributed by atoms with Gasteiger partial charge in [-0.3, -0.25) is 9.36 Å². The molecule has 0 amide bonds. The molecule has 8 heteroatoms. The van der Waals surface area contributed by atoms with Gasteiger partial charge in [-0.2, -0.15) is 23.4 Å². The summed E-state index contributed by atoms with van der Waals surface area (Å²) in [6.45, 7) is 6.00. The van der Waals surface area contributed by atoms with Crippen molar-refractivity contribution < 1.29 is 13.2 Å². The lowest BCUT2D eigenvalue weighted by Gasteiger charge is -2.12. The average Bonchev–Trinajstić information content (AvgIpc) is 3.01. The maximum Gasteiger partial charge on any atom is 0.433 e. The molecule has 0 aliphatic rings. The van der Waals surface area contributed by atoms with Gasteiger partial charge in [0.1, 0.15) is 5.69 Å². The average molecular weight is 315 g/mol. The molecular formula is C14H20F3N5. The first-order valence-electron chi connectivity index (χ1n) is 7.09. The minimum Gasteiger partial charge on any atom is -0.304 e. The molecule has 2 heterocycles. The van der Waals surface area contributed by atoms with Crippen molar-refractivity contribution in [2.45, 2.75) is 46.1 Å². The van der Waals surface area contributed by atoms with E-state index in [0.717, 1.165) is 22.0 Å². The van der Waals surface area contributed by atoms with E-state index in [1.54, 1.807) is 17.8 Å². The van der Waals surface area contributed by atoms with Crippen LogP contribution in [0.5, 0.6) is 0 Å². The Labute approximate surface area is 127 Å². The van der Waals surface area contributed by atoms with Gasteiger partial charge in [-0.1, -0.05) is 0 Å². The standard InChI is InChI=1S/C14H20F3N5/c1-5-22-13(14(15,16)17)6-11(20-22)7-18-9(2)12-8-19-21(4)10(12)3/h6,8-9,18H,5,7H2,1-4H3. The van der Waals surface area contributed by atoms with Gasteiger partial charge in [0.15, 0.2) is 0 Å². The van der Waals surface area contributed by atoms with Gasteiger partial charge in [0.25, 0.3) is 0 Å². The first kappa shape index (κ1) is 16.5. The minimum absolute atomic E-state index is 0.0187. The molecule has 0 aliphatic carbocycles. The zero-order chi connectivity index (χ0) is 16.5. The molecule has 0 radical (unpaired) electrons.